The van der Waals surface area contributed by atoms with Gasteiger partial charge in [0.2, 0.25) is 5.91 Å². The van der Waals surface area contributed by atoms with Gasteiger partial charge in [-0.05, 0) is 6.42 Å². The van der Waals surface area contributed by atoms with E-state index >= 15 is 0 Å². The molecule has 0 radical (unpaired) electrons. The van der Waals surface area contributed by atoms with Crippen LogP contribution in [0.15, 0.2) is 0 Å². The van der Waals surface area contributed by atoms with Crippen LogP contribution in [0.5, 0.6) is 0 Å². The second kappa shape index (κ2) is 3.01. The highest BCUT2D eigenvalue weighted by molar-refractivity contribution is 5.80. The number of nitrogens with two attached hydrogens (primary N) is 1. The first-order valence-electron chi connectivity index (χ1n) is 3.74. The maximum Gasteiger partial charge on any atom is 0.225 e. The van der Waals surface area contributed by atoms with Crippen LogP contribution in [0, 0.1) is 5.92 Å². The summed E-state index contributed by atoms with van der Waals surface area (Å²) in [5.74, 6) is 0.497. The number of likely N-dealkylation sites (tertiary alicyclic amines) is 1. The van der Waals surface area contributed by atoms with Crippen LogP contribution in [0.4, 0.5) is 0 Å². The minimum atomic E-state index is 0.228. The molecule has 0 aromatic rings. The predicted octanol–water partition coefficient (Wildman–Crippen LogP) is -0.186. The summed E-state index contributed by atoms with van der Waals surface area (Å²) >= 11 is 0. The van der Waals surface area contributed by atoms with Crippen LogP contribution in [-0.4, -0.2) is 30.4 Å². The Labute approximate surface area is 61.2 Å². The van der Waals surface area contributed by atoms with Crippen molar-refractivity contribution in [2.75, 3.05) is 19.6 Å². The fourth-order valence-electron chi connectivity index (χ4n) is 1.27. The topological polar surface area (TPSA) is 46.3 Å². The van der Waals surface area contributed by atoms with Crippen LogP contribution in [0.2, 0.25) is 0 Å². The molecule has 3 heteroatoms. The lowest BCUT2D eigenvalue weighted by Crippen LogP contribution is -2.31. The summed E-state index contributed by atoms with van der Waals surface area (Å²) < 4.78 is 0. The molecule has 1 saturated heterocycles. The monoisotopic (exact) mass is 142 g/mol. The first-order valence-corrected chi connectivity index (χ1v) is 3.74. The standard InChI is InChI=1S/C7H14N2O/c1-6-2-4-9(5-3-8)7(6)10/h6H,2-5,8H2,1H3/t6-/m0/s1. The molecule has 1 aliphatic heterocycles. The molecule has 3 nitrogen and oxygen atoms in total. The summed E-state index contributed by atoms with van der Waals surface area (Å²) in [5.41, 5.74) is 5.32. The van der Waals surface area contributed by atoms with Crippen LogP contribution < -0.4 is 5.73 Å². The lowest BCUT2D eigenvalue weighted by atomic mass is 10.1. The van der Waals surface area contributed by atoms with Crippen molar-refractivity contribution in [1.29, 1.82) is 0 Å². The minimum absolute atomic E-state index is 0.228. The first-order chi connectivity index (χ1) is 4.75. The average molecular weight is 142 g/mol. The van der Waals surface area contributed by atoms with E-state index in [2.05, 4.69) is 0 Å². The second-order valence-corrected chi connectivity index (χ2v) is 2.80. The number of amides is 1. The van der Waals surface area contributed by atoms with Gasteiger partial charge in [0.1, 0.15) is 0 Å². The van der Waals surface area contributed by atoms with Crippen LogP contribution in [0.1, 0.15) is 13.3 Å². The van der Waals surface area contributed by atoms with E-state index in [1.54, 1.807) is 0 Å². The number of carbonyl (C=O) groups excluding carboxylic acids is 1. The van der Waals surface area contributed by atoms with Crippen molar-refractivity contribution < 1.29 is 4.79 Å². The molecule has 0 spiro atoms. The number of hydrogen-bond donors (Lipinski definition) is 1. The Morgan fingerprint density at radius 1 is 1.80 bits per heavy atom. The number of carbonyl (C=O) groups is 1. The molecular weight excluding hydrogens is 128 g/mol. The number of rotatable bonds is 2. The lowest BCUT2D eigenvalue weighted by Gasteiger charge is -2.13. The van der Waals surface area contributed by atoms with Crippen molar-refractivity contribution in [3.05, 3.63) is 0 Å². The third-order valence-electron chi connectivity index (χ3n) is 1.96. The maximum atomic E-state index is 11.2. The van der Waals surface area contributed by atoms with Crippen LogP contribution in [0.25, 0.3) is 0 Å². The van der Waals surface area contributed by atoms with E-state index in [-0.39, 0.29) is 11.8 Å². The van der Waals surface area contributed by atoms with Gasteiger partial charge in [-0.3, -0.25) is 4.79 Å². The van der Waals surface area contributed by atoms with Crippen molar-refractivity contribution in [1.82, 2.24) is 4.90 Å². The van der Waals surface area contributed by atoms with Crippen LogP contribution >= 0.6 is 0 Å². The molecule has 2 N–H and O–H groups in total. The molecule has 10 heavy (non-hydrogen) atoms. The molecule has 58 valence electrons. The maximum absolute atomic E-state index is 11.2. The fraction of sp³-hybridized carbons (Fsp3) is 0.857. The second-order valence-electron chi connectivity index (χ2n) is 2.80. The summed E-state index contributed by atoms with van der Waals surface area (Å²) in [7, 11) is 0. The highest BCUT2D eigenvalue weighted by atomic mass is 16.2. The summed E-state index contributed by atoms with van der Waals surface area (Å²) in [6, 6.07) is 0. The van der Waals surface area contributed by atoms with Crippen molar-refractivity contribution in [2.24, 2.45) is 11.7 Å². The summed E-state index contributed by atoms with van der Waals surface area (Å²) in [6.07, 6.45) is 0.999. The Hall–Kier alpha value is -0.570. The molecule has 0 aromatic carbocycles. The molecule has 1 heterocycles. The fourth-order valence-corrected chi connectivity index (χ4v) is 1.27. The third kappa shape index (κ3) is 1.29. The van der Waals surface area contributed by atoms with E-state index in [0.717, 1.165) is 19.5 Å². The molecule has 1 rings (SSSR count). The van der Waals surface area contributed by atoms with E-state index in [1.165, 1.54) is 0 Å². The third-order valence-corrected chi connectivity index (χ3v) is 1.96. The summed E-state index contributed by atoms with van der Waals surface area (Å²) in [4.78, 5) is 13.0. The highest BCUT2D eigenvalue weighted by Gasteiger charge is 2.26. The zero-order valence-electron chi connectivity index (χ0n) is 6.34. The Morgan fingerprint density at radius 3 is 2.90 bits per heavy atom. The molecule has 1 fully saturated rings. The number of nitrogens with zero attached hydrogens (tertiary/aromatic N) is 1. The van der Waals surface area contributed by atoms with E-state index in [4.69, 9.17) is 5.73 Å². The number of hydrogen-bond acceptors (Lipinski definition) is 2. The molecule has 0 bridgehead atoms. The van der Waals surface area contributed by atoms with Gasteiger partial charge in [0.25, 0.3) is 0 Å². The first kappa shape index (κ1) is 7.54. The molecule has 1 amide bonds. The smallest absolute Gasteiger partial charge is 0.225 e. The van der Waals surface area contributed by atoms with Gasteiger partial charge < -0.3 is 10.6 Å². The van der Waals surface area contributed by atoms with Gasteiger partial charge in [0.15, 0.2) is 0 Å². The van der Waals surface area contributed by atoms with Crippen molar-refractivity contribution in [3.8, 4) is 0 Å². The zero-order chi connectivity index (χ0) is 7.56. The summed E-state index contributed by atoms with van der Waals surface area (Å²) in [6.45, 7) is 4.18. The normalized spacial score (nSPS) is 26.0. The highest BCUT2D eigenvalue weighted by Crippen LogP contribution is 2.15. The van der Waals surface area contributed by atoms with Gasteiger partial charge in [-0.2, -0.15) is 0 Å². The molecular formula is C7H14N2O. The van der Waals surface area contributed by atoms with E-state index in [1.807, 2.05) is 11.8 Å². The zero-order valence-corrected chi connectivity index (χ0v) is 6.34. The van der Waals surface area contributed by atoms with Crippen molar-refractivity contribution in [3.63, 3.8) is 0 Å². The van der Waals surface area contributed by atoms with E-state index in [9.17, 15) is 4.79 Å². The van der Waals surface area contributed by atoms with Crippen LogP contribution in [-0.2, 0) is 4.79 Å². The van der Waals surface area contributed by atoms with E-state index in [0.29, 0.717) is 6.54 Å². The van der Waals surface area contributed by atoms with Gasteiger partial charge in [-0.25, -0.2) is 0 Å². The molecule has 0 saturated carbocycles. The largest absolute Gasteiger partial charge is 0.341 e. The van der Waals surface area contributed by atoms with Gasteiger partial charge in [0, 0.05) is 25.6 Å². The Bertz CT molecular complexity index is 134. The molecule has 0 aliphatic carbocycles. The van der Waals surface area contributed by atoms with Gasteiger partial charge in [-0.1, -0.05) is 6.92 Å². The SMILES string of the molecule is C[C@H]1CCN(CCN)C1=O. The van der Waals surface area contributed by atoms with Crippen molar-refractivity contribution >= 4 is 5.91 Å². The van der Waals surface area contributed by atoms with Gasteiger partial charge in [0.05, 0.1) is 0 Å². The Morgan fingerprint density at radius 2 is 2.50 bits per heavy atom. The quantitative estimate of drug-likeness (QED) is 0.581. The van der Waals surface area contributed by atoms with Crippen molar-refractivity contribution in [2.45, 2.75) is 13.3 Å². The molecule has 0 unspecified atom stereocenters. The van der Waals surface area contributed by atoms with Gasteiger partial charge >= 0.3 is 0 Å². The lowest BCUT2D eigenvalue weighted by molar-refractivity contribution is -0.130. The van der Waals surface area contributed by atoms with Gasteiger partial charge in [-0.15, -0.1) is 0 Å². The Balaban J connectivity index is 2.41. The molecule has 0 aromatic heterocycles. The minimum Gasteiger partial charge on any atom is -0.341 e. The van der Waals surface area contributed by atoms with Crippen LogP contribution in [0.3, 0.4) is 0 Å². The predicted molar refractivity (Wildman–Crippen MR) is 39.4 cm³/mol. The average Bonchev–Trinajstić information content (AvgIpc) is 2.20. The summed E-state index contributed by atoms with van der Waals surface area (Å²) in [5, 5.41) is 0. The molecule has 1 atom stereocenters. The van der Waals surface area contributed by atoms with E-state index < -0.39 is 0 Å². The molecule has 1 aliphatic rings. The Kier molecular flexibility index (Phi) is 2.27.